The van der Waals surface area contributed by atoms with Gasteiger partial charge >= 0.3 is 0 Å². The van der Waals surface area contributed by atoms with Crippen molar-refractivity contribution in [3.63, 3.8) is 0 Å². The second-order valence-corrected chi connectivity index (χ2v) is 8.38. The predicted octanol–water partition coefficient (Wildman–Crippen LogP) is 4.27. The Morgan fingerprint density at radius 1 is 1.10 bits per heavy atom. The maximum atomic E-state index is 6.18. The van der Waals surface area contributed by atoms with E-state index in [4.69, 9.17) is 4.74 Å². The minimum Gasteiger partial charge on any atom is -0.493 e. The number of hydrogen-bond acceptors (Lipinski definition) is 2. The summed E-state index contributed by atoms with van der Waals surface area (Å²) in [5, 5.41) is 3.40. The van der Waals surface area contributed by atoms with Crippen molar-refractivity contribution in [3.05, 3.63) is 29.3 Å². The SMILES string of the molecule is CC(C)(C)c1ccc(OCC2CCNC2)c(C(C)(C)C)c1. The molecule has 1 N–H and O–H groups in total. The first-order chi connectivity index (χ1) is 9.68. The van der Waals surface area contributed by atoms with Gasteiger partial charge in [0.15, 0.2) is 0 Å². The van der Waals surface area contributed by atoms with Crippen LogP contribution in [-0.2, 0) is 10.8 Å². The van der Waals surface area contributed by atoms with E-state index in [1.54, 1.807) is 0 Å². The van der Waals surface area contributed by atoms with Crippen molar-refractivity contribution in [1.29, 1.82) is 0 Å². The van der Waals surface area contributed by atoms with Gasteiger partial charge in [-0.05, 0) is 41.0 Å². The minimum atomic E-state index is 0.102. The van der Waals surface area contributed by atoms with E-state index in [0.29, 0.717) is 5.92 Å². The number of nitrogens with one attached hydrogen (secondary N) is 1. The summed E-state index contributed by atoms with van der Waals surface area (Å²) in [6, 6.07) is 6.73. The maximum absolute atomic E-state index is 6.18. The fraction of sp³-hybridized carbons (Fsp3) is 0.684. The normalized spacial score (nSPS) is 19.8. The van der Waals surface area contributed by atoms with E-state index in [-0.39, 0.29) is 10.8 Å². The summed E-state index contributed by atoms with van der Waals surface area (Å²) < 4.78 is 6.18. The lowest BCUT2D eigenvalue weighted by molar-refractivity contribution is 0.254. The summed E-state index contributed by atoms with van der Waals surface area (Å²) in [7, 11) is 0. The molecule has 0 aliphatic carbocycles. The summed E-state index contributed by atoms with van der Waals surface area (Å²) in [6.45, 7) is 16.6. The fourth-order valence-corrected chi connectivity index (χ4v) is 2.77. The molecule has 21 heavy (non-hydrogen) atoms. The minimum absolute atomic E-state index is 0.102. The van der Waals surface area contributed by atoms with Crippen LogP contribution in [0.2, 0.25) is 0 Å². The van der Waals surface area contributed by atoms with Crippen LogP contribution >= 0.6 is 0 Å². The van der Waals surface area contributed by atoms with Gasteiger partial charge in [-0.1, -0.05) is 53.7 Å². The van der Waals surface area contributed by atoms with Crippen molar-refractivity contribution in [1.82, 2.24) is 5.32 Å². The third kappa shape index (κ3) is 4.23. The van der Waals surface area contributed by atoms with Gasteiger partial charge in [0, 0.05) is 12.5 Å². The molecule has 1 aromatic rings. The van der Waals surface area contributed by atoms with Crippen LogP contribution in [0.4, 0.5) is 0 Å². The van der Waals surface area contributed by atoms with Crippen LogP contribution in [0.1, 0.15) is 59.1 Å². The van der Waals surface area contributed by atoms with E-state index < -0.39 is 0 Å². The molecule has 0 amide bonds. The largest absolute Gasteiger partial charge is 0.493 e. The number of hydrogen-bond donors (Lipinski definition) is 1. The highest BCUT2D eigenvalue weighted by molar-refractivity contribution is 5.43. The van der Waals surface area contributed by atoms with Crippen molar-refractivity contribution in [2.24, 2.45) is 5.92 Å². The van der Waals surface area contributed by atoms with Crippen molar-refractivity contribution in [2.75, 3.05) is 19.7 Å². The van der Waals surface area contributed by atoms with Crippen LogP contribution in [0.3, 0.4) is 0 Å². The van der Waals surface area contributed by atoms with Crippen LogP contribution in [0.25, 0.3) is 0 Å². The highest BCUT2D eigenvalue weighted by Gasteiger charge is 2.24. The molecule has 0 aromatic heterocycles. The Morgan fingerprint density at radius 2 is 1.81 bits per heavy atom. The Bertz CT molecular complexity index is 473. The van der Waals surface area contributed by atoms with Crippen LogP contribution < -0.4 is 10.1 Å². The average Bonchev–Trinajstić information content (AvgIpc) is 2.87. The van der Waals surface area contributed by atoms with Gasteiger partial charge in [-0.3, -0.25) is 0 Å². The molecule has 0 saturated carbocycles. The molecule has 1 aliphatic heterocycles. The van der Waals surface area contributed by atoms with E-state index in [9.17, 15) is 0 Å². The molecular weight excluding hydrogens is 258 g/mol. The van der Waals surface area contributed by atoms with Crippen LogP contribution in [0.5, 0.6) is 5.75 Å². The zero-order valence-corrected chi connectivity index (χ0v) is 14.5. The van der Waals surface area contributed by atoms with Crippen molar-refractivity contribution >= 4 is 0 Å². The summed E-state index contributed by atoms with van der Waals surface area (Å²) in [5.41, 5.74) is 2.97. The Hall–Kier alpha value is -1.02. The van der Waals surface area contributed by atoms with Crippen LogP contribution in [0, 0.1) is 5.92 Å². The lowest BCUT2D eigenvalue weighted by Gasteiger charge is -2.27. The molecule has 1 aromatic carbocycles. The Kier molecular flexibility index (Phi) is 4.67. The van der Waals surface area contributed by atoms with E-state index in [1.165, 1.54) is 17.5 Å². The van der Waals surface area contributed by atoms with Gasteiger partial charge in [0.25, 0.3) is 0 Å². The topological polar surface area (TPSA) is 21.3 Å². The Morgan fingerprint density at radius 3 is 2.33 bits per heavy atom. The zero-order valence-electron chi connectivity index (χ0n) is 14.5. The standard InChI is InChI=1S/C19H31NO/c1-18(2,3)15-7-8-17(16(11-15)19(4,5)6)21-13-14-9-10-20-12-14/h7-8,11,14,20H,9-10,12-13H2,1-6H3. The second kappa shape index (κ2) is 6.00. The van der Waals surface area contributed by atoms with Gasteiger partial charge in [-0.15, -0.1) is 0 Å². The molecule has 1 aliphatic rings. The van der Waals surface area contributed by atoms with Gasteiger partial charge < -0.3 is 10.1 Å². The quantitative estimate of drug-likeness (QED) is 0.897. The van der Waals surface area contributed by atoms with Crippen LogP contribution in [-0.4, -0.2) is 19.7 Å². The lowest BCUT2D eigenvalue weighted by Crippen LogP contribution is -2.20. The molecule has 1 fully saturated rings. The molecule has 1 atom stereocenters. The van der Waals surface area contributed by atoms with Gasteiger partial charge in [-0.25, -0.2) is 0 Å². The van der Waals surface area contributed by atoms with Crippen molar-refractivity contribution < 1.29 is 4.74 Å². The summed E-state index contributed by atoms with van der Waals surface area (Å²) in [6.07, 6.45) is 1.23. The Balaban J connectivity index is 2.23. The fourth-order valence-electron chi connectivity index (χ4n) is 2.77. The monoisotopic (exact) mass is 289 g/mol. The summed E-state index contributed by atoms with van der Waals surface area (Å²) in [4.78, 5) is 0. The molecule has 118 valence electrons. The van der Waals surface area contributed by atoms with Crippen molar-refractivity contribution in [3.8, 4) is 5.75 Å². The third-order valence-corrected chi connectivity index (χ3v) is 4.29. The molecule has 2 rings (SSSR count). The van der Waals surface area contributed by atoms with Gasteiger partial charge in [-0.2, -0.15) is 0 Å². The third-order valence-electron chi connectivity index (χ3n) is 4.29. The summed E-state index contributed by atoms with van der Waals surface area (Å²) >= 11 is 0. The van der Waals surface area contributed by atoms with Crippen LogP contribution in [0.15, 0.2) is 18.2 Å². The van der Waals surface area contributed by atoms with Gasteiger partial charge in [0.1, 0.15) is 5.75 Å². The summed E-state index contributed by atoms with van der Waals surface area (Å²) in [5.74, 6) is 1.71. The van der Waals surface area contributed by atoms with E-state index in [2.05, 4.69) is 65.1 Å². The van der Waals surface area contributed by atoms with E-state index >= 15 is 0 Å². The first-order valence-corrected chi connectivity index (χ1v) is 8.16. The van der Waals surface area contributed by atoms with Gasteiger partial charge in [0.2, 0.25) is 0 Å². The molecule has 1 unspecified atom stereocenters. The molecular formula is C19H31NO. The number of benzene rings is 1. The number of rotatable bonds is 3. The van der Waals surface area contributed by atoms with E-state index in [0.717, 1.165) is 25.4 Å². The average molecular weight is 289 g/mol. The zero-order chi connectivity index (χ0) is 15.7. The first-order valence-electron chi connectivity index (χ1n) is 8.16. The van der Waals surface area contributed by atoms with Crippen molar-refractivity contribution in [2.45, 2.75) is 58.8 Å². The molecule has 1 heterocycles. The molecule has 1 saturated heterocycles. The Labute approximate surface area is 130 Å². The highest BCUT2D eigenvalue weighted by Crippen LogP contribution is 2.35. The van der Waals surface area contributed by atoms with E-state index in [1.807, 2.05) is 0 Å². The maximum Gasteiger partial charge on any atom is 0.123 e. The highest BCUT2D eigenvalue weighted by atomic mass is 16.5. The molecule has 0 bridgehead atoms. The number of ether oxygens (including phenoxy) is 1. The smallest absolute Gasteiger partial charge is 0.123 e. The molecule has 2 heteroatoms. The first kappa shape index (κ1) is 16.4. The molecule has 2 nitrogen and oxygen atoms in total. The lowest BCUT2D eigenvalue weighted by atomic mass is 9.80. The molecule has 0 radical (unpaired) electrons. The predicted molar refractivity (Wildman–Crippen MR) is 90.3 cm³/mol. The second-order valence-electron chi connectivity index (χ2n) is 8.38. The molecule has 0 spiro atoms. The van der Waals surface area contributed by atoms with Gasteiger partial charge in [0.05, 0.1) is 6.61 Å².